The van der Waals surface area contributed by atoms with E-state index in [0.29, 0.717) is 5.39 Å². The molecule has 0 amide bonds. The maximum Gasteiger partial charge on any atom is 0.258 e. The number of quaternary nitrogens is 1. The second kappa shape index (κ2) is 6.48. The molecule has 0 unspecified atom stereocenters. The van der Waals surface area contributed by atoms with Crippen molar-refractivity contribution in [1.29, 1.82) is 0 Å². The quantitative estimate of drug-likeness (QED) is 0.777. The lowest BCUT2D eigenvalue weighted by atomic mass is 10.2. The minimum atomic E-state index is -0.0468. The summed E-state index contributed by atoms with van der Waals surface area (Å²) in [6.45, 7) is 5.36. The van der Waals surface area contributed by atoms with Crippen LogP contribution in [0.5, 0.6) is 0 Å². The molecule has 2 rings (SSSR count). The molecule has 0 aliphatic heterocycles. The molecule has 1 aromatic carbocycles. The van der Waals surface area contributed by atoms with Crippen molar-refractivity contribution in [3.8, 4) is 0 Å². The third-order valence-corrected chi connectivity index (χ3v) is 3.39. The van der Waals surface area contributed by atoms with Gasteiger partial charge in [-0.1, -0.05) is 25.5 Å². The molecule has 1 heterocycles. The van der Waals surface area contributed by atoms with Gasteiger partial charge in [0.25, 0.3) is 5.56 Å². The molecule has 0 bridgehead atoms. The highest BCUT2D eigenvalue weighted by molar-refractivity contribution is 5.77. The molecule has 0 saturated heterocycles. The van der Waals surface area contributed by atoms with E-state index in [1.165, 1.54) is 19.3 Å². The lowest BCUT2D eigenvalue weighted by Crippen LogP contribution is -2.85. The highest BCUT2D eigenvalue weighted by Crippen LogP contribution is 2.08. The fourth-order valence-electron chi connectivity index (χ4n) is 2.19. The van der Waals surface area contributed by atoms with Gasteiger partial charge in [0, 0.05) is 0 Å². The topological polar surface area (TPSA) is 62.4 Å². The Morgan fingerprint density at radius 3 is 2.89 bits per heavy atom. The molecular formula is C15H22N3O+. The van der Waals surface area contributed by atoms with E-state index < -0.39 is 0 Å². The molecule has 1 aromatic heterocycles. The van der Waals surface area contributed by atoms with Crippen molar-refractivity contribution in [2.45, 2.75) is 39.2 Å². The van der Waals surface area contributed by atoms with Crippen molar-refractivity contribution < 1.29 is 5.32 Å². The van der Waals surface area contributed by atoms with E-state index in [1.54, 1.807) is 6.07 Å². The monoisotopic (exact) mass is 260 g/mol. The number of aromatic amines is 1. The molecule has 0 aliphatic rings. The zero-order chi connectivity index (χ0) is 13.7. The van der Waals surface area contributed by atoms with E-state index in [1.807, 2.05) is 18.2 Å². The number of nitrogens with two attached hydrogens (primary N) is 1. The highest BCUT2D eigenvalue weighted by atomic mass is 16.1. The summed E-state index contributed by atoms with van der Waals surface area (Å²) in [6.07, 6.45) is 3.69. The van der Waals surface area contributed by atoms with E-state index in [4.69, 9.17) is 0 Å². The van der Waals surface area contributed by atoms with Gasteiger partial charge in [-0.05, 0) is 31.9 Å². The van der Waals surface area contributed by atoms with E-state index in [9.17, 15) is 4.79 Å². The van der Waals surface area contributed by atoms with Crippen molar-refractivity contribution in [3.05, 3.63) is 40.4 Å². The maximum atomic E-state index is 12.0. The van der Waals surface area contributed by atoms with Gasteiger partial charge >= 0.3 is 0 Å². The van der Waals surface area contributed by atoms with E-state index in [-0.39, 0.29) is 11.6 Å². The Labute approximate surface area is 113 Å². The first kappa shape index (κ1) is 13.7. The number of unbranched alkanes of at least 4 members (excludes halogenated alkanes) is 2. The van der Waals surface area contributed by atoms with E-state index in [2.05, 4.69) is 29.1 Å². The fourth-order valence-corrected chi connectivity index (χ4v) is 2.19. The number of fused-ring (bicyclic) bond motifs is 1. The molecule has 102 valence electrons. The zero-order valence-corrected chi connectivity index (χ0v) is 11.6. The molecule has 1 atom stereocenters. The Kier molecular flexibility index (Phi) is 4.68. The van der Waals surface area contributed by atoms with Crippen LogP contribution in [0.15, 0.2) is 29.1 Å². The molecule has 4 nitrogen and oxygen atoms in total. The summed E-state index contributed by atoms with van der Waals surface area (Å²) in [6, 6.07) is 7.65. The first-order valence-corrected chi connectivity index (χ1v) is 7.04. The standard InChI is InChI=1S/C15H21N3O/c1-3-4-7-10-16-11(2)14-17-13-9-6-5-8-12(13)15(19)18-14/h5-6,8-9,11,16H,3-4,7,10H2,1-2H3,(H,17,18,19)/p+1/t11-/m1/s1. The SMILES string of the molecule is CCCCC[NH2+][C@H](C)c1nc2ccccc2c(=O)[nH]1. The molecule has 0 spiro atoms. The first-order chi connectivity index (χ1) is 9.22. The first-order valence-electron chi connectivity index (χ1n) is 7.04. The van der Waals surface area contributed by atoms with Crippen LogP contribution in [0.2, 0.25) is 0 Å². The van der Waals surface area contributed by atoms with Gasteiger partial charge < -0.3 is 10.3 Å². The largest absolute Gasteiger partial charge is 0.338 e. The minimum Gasteiger partial charge on any atom is -0.338 e. The van der Waals surface area contributed by atoms with E-state index >= 15 is 0 Å². The van der Waals surface area contributed by atoms with Crippen molar-refractivity contribution >= 4 is 10.9 Å². The third kappa shape index (κ3) is 3.41. The van der Waals surface area contributed by atoms with Crippen molar-refractivity contribution in [2.24, 2.45) is 0 Å². The smallest absolute Gasteiger partial charge is 0.258 e. The Bertz CT molecular complexity index is 591. The average molecular weight is 260 g/mol. The van der Waals surface area contributed by atoms with Crippen molar-refractivity contribution in [3.63, 3.8) is 0 Å². The lowest BCUT2D eigenvalue weighted by Gasteiger charge is -2.10. The predicted molar refractivity (Wildman–Crippen MR) is 77.1 cm³/mol. The van der Waals surface area contributed by atoms with Gasteiger partial charge in [-0.15, -0.1) is 0 Å². The van der Waals surface area contributed by atoms with Gasteiger partial charge in [0.05, 0.1) is 17.4 Å². The predicted octanol–water partition coefficient (Wildman–Crippen LogP) is 1.74. The zero-order valence-electron chi connectivity index (χ0n) is 11.6. The van der Waals surface area contributed by atoms with Gasteiger partial charge in [0.15, 0.2) is 5.82 Å². The van der Waals surface area contributed by atoms with Gasteiger partial charge in [-0.25, -0.2) is 4.98 Å². The van der Waals surface area contributed by atoms with Gasteiger partial charge in [0.1, 0.15) is 6.04 Å². The van der Waals surface area contributed by atoms with Crippen LogP contribution in [-0.2, 0) is 0 Å². The van der Waals surface area contributed by atoms with Crippen molar-refractivity contribution in [1.82, 2.24) is 9.97 Å². The average Bonchev–Trinajstić information content (AvgIpc) is 2.43. The summed E-state index contributed by atoms with van der Waals surface area (Å²) in [5.74, 6) is 0.764. The summed E-state index contributed by atoms with van der Waals surface area (Å²) in [7, 11) is 0. The summed E-state index contributed by atoms with van der Waals surface area (Å²) < 4.78 is 0. The minimum absolute atomic E-state index is 0.0468. The molecule has 0 aliphatic carbocycles. The Morgan fingerprint density at radius 1 is 1.32 bits per heavy atom. The van der Waals surface area contributed by atoms with Crippen LogP contribution >= 0.6 is 0 Å². The molecule has 19 heavy (non-hydrogen) atoms. The second-order valence-corrected chi connectivity index (χ2v) is 4.99. The van der Waals surface area contributed by atoms with Gasteiger partial charge in [-0.2, -0.15) is 0 Å². The number of hydrogen-bond donors (Lipinski definition) is 2. The number of H-pyrrole nitrogens is 1. The third-order valence-electron chi connectivity index (χ3n) is 3.39. The number of nitrogens with one attached hydrogen (secondary N) is 1. The summed E-state index contributed by atoms with van der Waals surface area (Å²) in [4.78, 5) is 19.4. The molecule has 0 radical (unpaired) electrons. The van der Waals surface area contributed by atoms with Crippen LogP contribution in [0.3, 0.4) is 0 Å². The molecule has 4 heteroatoms. The van der Waals surface area contributed by atoms with Crippen LogP contribution in [0.4, 0.5) is 0 Å². The highest BCUT2D eigenvalue weighted by Gasteiger charge is 2.12. The number of nitrogens with zero attached hydrogens (tertiary/aromatic N) is 1. The molecule has 2 aromatic rings. The number of benzene rings is 1. The Hall–Kier alpha value is -1.68. The van der Waals surface area contributed by atoms with Crippen LogP contribution in [0, 0.1) is 0 Å². The molecular weight excluding hydrogens is 238 g/mol. The van der Waals surface area contributed by atoms with Gasteiger partial charge in [-0.3, -0.25) is 4.79 Å². The number of rotatable bonds is 6. The summed E-state index contributed by atoms with van der Waals surface area (Å²) >= 11 is 0. The van der Waals surface area contributed by atoms with Crippen molar-refractivity contribution in [2.75, 3.05) is 6.54 Å². The lowest BCUT2D eigenvalue weighted by molar-refractivity contribution is -0.694. The molecule has 0 saturated carbocycles. The molecule has 0 fully saturated rings. The number of aromatic nitrogens is 2. The fraction of sp³-hybridized carbons (Fsp3) is 0.467. The second-order valence-electron chi connectivity index (χ2n) is 4.99. The summed E-state index contributed by atoms with van der Waals surface area (Å²) in [5.41, 5.74) is 0.726. The molecule has 3 N–H and O–H groups in total. The normalized spacial score (nSPS) is 12.7. The number of hydrogen-bond acceptors (Lipinski definition) is 2. The van der Waals surface area contributed by atoms with Crippen LogP contribution < -0.4 is 10.9 Å². The number of para-hydroxylation sites is 1. The summed E-state index contributed by atoms with van der Waals surface area (Å²) in [5, 5.41) is 2.90. The van der Waals surface area contributed by atoms with Crippen LogP contribution in [0.1, 0.15) is 45.0 Å². The Morgan fingerprint density at radius 2 is 2.11 bits per heavy atom. The van der Waals surface area contributed by atoms with Crippen LogP contribution in [-0.4, -0.2) is 16.5 Å². The Balaban J connectivity index is 2.14. The van der Waals surface area contributed by atoms with E-state index in [0.717, 1.165) is 17.9 Å². The maximum absolute atomic E-state index is 12.0. The van der Waals surface area contributed by atoms with Crippen LogP contribution in [0.25, 0.3) is 10.9 Å². The van der Waals surface area contributed by atoms with Gasteiger partial charge in [0.2, 0.25) is 0 Å².